The molecule has 1 aromatic rings. The van der Waals surface area contributed by atoms with Gasteiger partial charge in [0.1, 0.15) is 5.54 Å². The third-order valence-electron chi connectivity index (χ3n) is 4.80. The van der Waals surface area contributed by atoms with Gasteiger partial charge < -0.3 is 10.6 Å². The molecular weight excluding hydrogens is 318 g/mol. The Balaban J connectivity index is 1.50. The molecule has 1 aromatic carbocycles. The van der Waals surface area contributed by atoms with Crippen LogP contribution in [0.2, 0.25) is 0 Å². The Morgan fingerprint density at radius 2 is 1.96 bits per heavy atom. The van der Waals surface area contributed by atoms with Gasteiger partial charge >= 0.3 is 6.03 Å². The van der Waals surface area contributed by atoms with E-state index in [0.717, 1.165) is 18.4 Å². The van der Waals surface area contributed by atoms with Crippen LogP contribution in [0.3, 0.4) is 0 Å². The van der Waals surface area contributed by atoms with Crippen molar-refractivity contribution in [2.75, 3.05) is 6.54 Å². The standard InChI is InChI=1S/C19H25N3O3/c1-19(2)17(24)22(18(25)21-19)12-6-9-15(23)20-16(14-10-11-14)13-7-4-3-5-8-13/h3-5,7-8,14,16H,6,9-12H2,1-2H3,(H,20,23)(H,21,25)/t16-/m1/s1. The number of benzene rings is 1. The van der Waals surface area contributed by atoms with Crippen molar-refractivity contribution in [2.45, 2.75) is 51.1 Å². The van der Waals surface area contributed by atoms with E-state index >= 15 is 0 Å². The van der Waals surface area contributed by atoms with Crippen molar-refractivity contribution < 1.29 is 14.4 Å². The average Bonchev–Trinajstić information content (AvgIpc) is 3.38. The second kappa shape index (κ2) is 6.86. The Morgan fingerprint density at radius 1 is 1.28 bits per heavy atom. The van der Waals surface area contributed by atoms with Gasteiger partial charge in [0.15, 0.2) is 0 Å². The highest BCUT2D eigenvalue weighted by Crippen LogP contribution is 2.40. The summed E-state index contributed by atoms with van der Waals surface area (Å²) >= 11 is 0. The van der Waals surface area contributed by atoms with Crippen molar-refractivity contribution in [3.8, 4) is 0 Å². The van der Waals surface area contributed by atoms with Gasteiger partial charge in [0.05, 0.1) is 6.04 Å². The van der Waals surface area contributed by atoms with Crippen molar-refractivity contribution >= 4 is 17.8 Å². The van der Waals surface area contributed by atoms with Gasteiger partial charge in [-0.15, -0.1) is 0 Å². The molecule has 6 heteroatoms. The lowest BCUT2D eigenvalue weighted by Gasteiger charge is -2.19. The zero-order chi connectivity index (χ0) is 18.0. The van der Waals surface area contributed by atoms with Crippen LogP contribution in [0.15, 0.2) is 30.3 Å². The molecule has 134 valence electrons. The molecule has 1 heterocycles. The summed E-state index contributed by atoms with van der Waals surface area (Å²) in [6.45, 7) is 3.63. The summed E-state index contributed by atoms with van der Waals surface area (Å²) in [5.41, 5.74) is 0.276. The molecule has 1 atom stereocenters. The third kappa shape index (κ3) is 4.00. The lowest BCUT2D eigenvalue weighted by atomic mass is 10.0. The van der Waals surface area contributed by atoms with Crippen LogP contribution in [0.1, 0.15) is 51.1 Å². The predicted octanol–water partition coefficient (Wildman–Crippen LogP) is 2.36. The van der Waals surface area contributed by atoms with Gasteiger partial charge in [-0.3, -0.25) is 14.5 Å². The van der Waals surface area contributed by atoms with Crippen LogP contribution in [-0.2, 0) is 9.59 Å². The molecule has 0 spiro atoms. The molecule has 3 rings (SSSR count). The van der Waals surface area contributed by atoms with Crippen molar-refractivity contribution in [1.82, 2.24) is 15.5 Å². The van der Waals surface area contributed by atoms with Crippen LogP contribution in [0.4, 0.5) is 4.79 Å². The summed E-state index contributed by atoms with van der Waals surface area (Å²) in [5.74, 6) is 0.239. The van der Waals surface area contributed by atoms with E-state index in [0.29, 0.717) is 18.8 Å². The van der Waals surface area contributed by atoms with Crippen molar-refractivity contribution in [2.24, 2.45) is 5.92 Å². The first-order valence-electron chi connectivity index (χ1n) is 8.87. The van der Waals surface area contributed by atoms with E-state index in [-0.39, 0.29) is 30.4 Å². The lowest BCUT2D eigenvalue weighted by molar-refractivity contribution is -0.130. The quantitative estimate of drug-likeness (QED) is 0.746. The van der Waals surface area contributed by atoms with Gasteiger partial charge in [-0.1, -0.05) is 30.3 Å². The van der Waals surface area contributed by atoms with E-state index in [4.69, 9.17) is 0 Å². The Hall–Kier alpha value is -2.37. The van der Waals surface area contributed by atoms with E-state index in [1.54, 1.807) is 13.8 Å². The summed E-state index contributed by atoms with van der Waals surface area (Å²) in [7, 11) is 0. The molecule has 2 fully saturated rings. The number of carbonyl (C=O) groups is 3. The van der Waals surface area contributed by atoms with Crippen LogP contribution in [0, 0.1) is 5.92 Å². The summed E-state index contributed by atoms with van der Waals surface area (Å²) in [5, 5.41) is 5.76. The molecular formula is C19H25N3O3. The number of rotatable bonds is 7. The summed E-state index contributed by atoms with van der Waals surface area (Å²) in [6, 6.07) is 9.69. The summed E-state index contributed by atoms with van der Waals surface area (Å²) in [6.07, 6.45) is 3.04. The number of urea groups is 1. The minimum absolute atomic E-state index is 0.0351. The lowest BCUT2D eigenvalue weighted by Crippen LogP contribution is -2.40. The maximum absolute atomic E-state index is 12.3. The highest BCUT2D eigenvalue weighted by molar-refractivity contribution is 6.06. The largest absolute Gasteiger partial charge is 0.349 e. The predicted molar refractivity (Wildman–Crippen MR) is 93.6 cm³/mol. The van der Waals surface area contributed by atoms with Crippen LogP contribution in [0.5, 0.6) is 0 Å². The number of hydrogen-bond donors (Lipinski definition) is 2. The number of carbonyl (C=O) groups excluding carboxylic acids is 3. The molecule has 2 N–H and O–H groups in total. The first kappa shape index (κ1) is 17.5. The molecule has 4 amide bonds. The van der Waals surface area contributed by atoms with Gasteiger partial charge in [-0.25, -0.2) is 4.79 Å². The molecule has 2 aliphatic rings. The Morgan fingerprint density at radius 3 is 2.52 bits per heavy atom. The highest BCUT2D eigenvalue weighted by atomic mass is 16.2. The van der Waals surface area contributed by atoms with Gasteiger partial charge in [-0.05, 0) is 44.6 Å². The molecule has 1 saturated heterocycles. The minimum Gasteiger partial charge on any atom is -0.349 e. The molecule has 1 saturated carbocycles. The Bertz CT molecular complexity index is 668. The Labute approximate surface area is 148 Å². The normalized spacial score (nSPS) is 20.3. The first-order valence-corrected chi connectivity index (χ1v) is 8.87. The molecule has 0 unspecified atom stereocenters. The molecule has 1 aliphatic heterocycles. The van der Waals surface area contributed by atoms with Crippen molar-refractivity contribution in [1.29, 1.82) is 0 Å². The summed E-state index contributed by atoms with van der Waals surface area (Å²) in [4.78, 5) is 37.5. The molecule has 6 nitrogen and oxygen atoms in total. The Kier molecular flexibility index (Phi) is 4.79. The number of imide groups is 1. The molecule has 0 aromatic heterocycles. The molecule has 1 aliphatic carbocycles. The molecule has 25 heavy (non-hydrogen) atoms. The maximum atomic E-state index is 12.3. The van der Waals surface area contributed by atoms with E-state index in [2.05, 4.69) is 10.6 Å². The zero-order valence-corrected chi connectivity index (χ0v) is 14.7. The van der Waals surface area contributed by atoms with Crippen LogP contribution >= 0.6 is 0 Å². The number of hydrogen-bond acceptors (Lipinski definition) is 3. The van der Waals surface area contributed by atoms with Crippen molar-refractivity contribution in [3.63, 3.8) is 0 Å². The number of nitrogens with zero attached hydrogens (tertiary/aromatic N) is 1. The van der Waals surface area contributed by atoms with E-state index in [1.807, 2.05) is 30.3 Å². The maximum Gasteiger partial charge on any atom is 0.325 e. The van der Waals surface area contributed by atoms with Gasteiger partial charge in [0.25, 0.3) is 5.91 Å². The minimum atomic E-state index is -0.857. The van der Waals surface area contributed by atoms with Crippen LogP contribution in [-0.4, -0.2) is 34.8 Å². The van der Waals surface area contributed by atoms with E-state index < -0.39 is 5.54 Å². The smallest absolute Gasteiger partial charge is 0.325 e. The van der Waals surface area contributed by atoms with Crippen molar-refractivity contribution in [3.05, 3.63) is 35.9 Å². The van der Waals surface area contributed by atoms with Crippen LogP contribution in [0.25, 0.3) is 0 Å². The van der Waals surface area contributed by atoms with Gasteiger partial charge in [0.2, 0.25) is 5.91 Å². The monoisotopic (exact) mass is 343 g/mol. The second-order valence-electron chi connectivity index (χ2n) is 7.41. The van der Waals surface area contributed by atoms with E-state index in [9.17, 15) is 14.4 Å². The first-order chi connectivity index (χ1) is 11.9. The fraction of sp³-hybridized carbons (Fsp3) is 0.526. The fourth-order valence-electron chi connectivity index (χ4n) is 3.23. The second-order valence-corrected chi connectivity index (χ2v) is 7.41. The van der Waals surface area contributed by atoms with Gasteiger partial charge in [0, 0.05) is 13.0 Å². The highest BCUT2D eigenvalue weighted by Gasteiger charge is 2.43. The number of amides is 4. The van der Waals surface area contributed by atoms with Crippen LogP contribution < -0.4 is 10.6 Å². The summed E-state index contributed by atoms with van der Waals surface area (Å²) < 4.78 is 0. The van der Waals surface area contributed by atoms with E-state index in [1.165, 1.54) is 4.90 Å². The number of nitrogens with one attached hydrogen (secondary N) is 2. The average molecular weight is 343 g/mol. The molecule has 0 radical (unpaired) electrons. The third-order valence-corrected chi connectivity index (χ3v) is 4.80. The fourth-order valence-corrected chi connectivity index (χ4v) is 3.23. The SMILES string of the molecule is CC1(C)NC(=O)N(CCCC(=O)N[C@H](c2ccccc2)C2CC2)C1=O. The van der Waals surface area contributed by atoms with Gasteiger partial charge in [-0.2, -0.15) is 0 Å². The zero-order valence-electron chi connectivity index (χ0n) is 14.7. The topological polar surface area (TPSA) is 78.5 Å². The molecule has 0 bridgehead atoms.